The number of sulfonamides is 1. The summed E-state index contributed by atoms with van der Waals surface area (Å²) >= 11 is 0. The number of alkyl halides is 3. The van der Waals surface area contributed by atoms with Crippen LogP contribution < -0.4 is 9.04 Å². The number of ether oxygens (including phenoxy) is 1. The molecule has 0 aliphatic heterocycles. The highest BCUT2D eigenvalue weighted by molar-refractivity contribution is 7.92. The van der Waals surface area contributed by atoms with Gasteiger partial charge in [0.1, 0.15) is 11.6 Å². The van der Waals surface area contributed by atoms with E-state index in [2.05, 4.69) is 4.98 Å². The lowest BCUT2D eigenvalue weighted by atomic mass is 10.2. The zero-order valence-corrected chi connectivity index (χ0v) is 17.4. The van der Waals surface area contributed by atoms with Gasteiger partial charge in [0.15, 0.2) is 17.3 Å². The largest absolute Gasteiger partial charge is 0.454 e. The van der Waals surface area contributed by atoms with Crippen molar-refractivity contribution in [2.24, 2.45) is 0 Å². The van der Waals surface area contributed by atoms with E-state index in [4.69, 9.17) is 4.74 Å². The number of anilines is 1. The fourth-order valence-electron chi connectivity index (χ4n) is 2.84. The van der Waals surface area contributed by atoms with Crippen LogP contribution >= 0.6 is 0 Å². The summed E-state index contributed by atoms with van der Waals surface area (Å²) in [4.78, 5) is 4.03. The Labute approximate surface area is 181 Å². The molecular weight excluding hydrogens is 455 g/mol. The van der Waals surface area contributed by atoms with E-state index >= 15 is 0 Å². The fourth-order valence-corrected chi connectivity index (χ4v) is 4.19. The summed E-state index contributed by atoms with van der Waals surface area (Å²) in [5.41, 5.74) is 0.836. The molecule has 0 aliphatic rings. The number of hydrogen-bond donors (Lipinski definition) is 0. The van der Waals surface area contributed by atoms with Gasteiger partial charge in [-0.2, -0.15) is 13.2 Å². The van der Waals surface area contributed by atoms with Crippen LogP contribution in [0.3, 0.4) is 0 Å². The van der Waals surface area contributed by atoms with Crippen LogP contribution in [0.5, 0.6) is 11.5 Å². The molecule has 0 unspecified atom stereocenters. The molecule has 5 nitrogen and oxygen atoms in total. The average molecular weight is 472 g/mol. The zero-order chi connectivity index (χ0) is 23.5. The molecule has 2 aromatic carbocycles. The van der Waals surface area contributed by atoms with Gasteiger partial charge in [-0.1, -0.05) is 6.07 Å². The summed E-state index contributed by atoms with van der Waals surface area (Å²) in [6.07, 6.45) is -3.46. The lowest BCUT2D eigenvalue weighted by Crippen LogP contribution is -2.37. The predicted molar refractivity (Wildman–Crippen MR) is 108 cm³/mol. The molecule has 0 atom stereocenters. The third kappa shape index (κ3) is 5.94. The quantitative estimate of drug-likeness (QED) is 0.435. The Balaban J connectivity index is 1.92. The highest BCUT2D eigenvalue weighted by atomic mass is 32.2. The van der Waals surface area contributed by atoms with Gasteiger partial charge in [0.2, 0.25) is 10.0 Å². The third-order valence-corrected chi connectivity index (χ3v) is 6.06. The molecule has 0 saturated heterocycles. The summed E-state index contributed by atoms with van der Waals surface area (Å²) in [7, 11) is -4.79. The lowest BCUT2D eigenvalue weighted by molar-refractivity contribution is -0.106. The molecule has 1 heterocycles. The number of benzene rings is 2. The minimum atomic E-state index is -4.94. The predicted octanol–water partition coefficient (Wildman–Crippen LogP) is 5.36. The minimum Gasteiger partial charge on any atom is -0.454 e. The van der Waals surface area contributed by atoms with Crippen molar-refractivity contribution in [2.75, 3.05) is 10.1 Å². The number of aromatic nitrogens is 1. The standard InChI is InChI=1S/C21H17F5N2O3S/c1-14-15(3-2-10-27-14)12-28(32(29,30)13-21(24,25)26)17-5-7-18(8-6-17)31-20-9-4-16(22)11-19(20)23/h2-11H,12-13H2,1H3. The number of pyridine rings is 1. The van der Waals surface area contributed by atoms with Gasteiger partial charge in [-0.25, -0.2) is 17.2 Å². The Hall–Kier alpha value is -3.21. The molecule has 0 saturated carbocycles. The van der Waals surface area contributed by atoms with Crippen LogP contribution in [0.2, 0.25) is 0 Å². The first-order chi connectivity index (χ1) is 14.9. The second-order valence-electron chi connectivity index (χ2n) is 6.80. The van der Waals surface area contributed by atoms with E-state index in [0.717, 1.165) is 12.1 Å². The highest BCUT2D eigenvalue weighted by Crippen LogP contribution is 2.30. The maximum absolute atomic E-state index is 13.8. The summed E-state index contributed by atoms with van der Waals surface area (Å²) in [5.74, 6) is -3.98. The Morgan fingerprint density at radius 1 is 1.03 bits per heavy atom. The molecule has 3 rings (SSSR count). The highest BCUT2D eigenvalue weighted by Gasteiger charge is 2.38. The molecule has 0 amide bonds. The van der Waals surface area contributed by atoms with Gasteiger partial charge in [-0.3, -0.25) is 9.29 Å². The summed E-state index contributed by atoms with van der Waals surface area (Å²) in [6, 6.07) is 10.8. The van der Waals surface area contributed by atoms with Gasteiger partial charge in [-0.05, 0) is 55.0 Å². The number of halogens is 5. The average Bonchev–Trinajstić information content (AvgIpc) is 2.68. The van der Waals surface area contributed by atoms with Gasteiger partial charge in [0.25, 0.3) is 0 Å². The Kier molecular flexibility index (Phi) is 6.68. The molecular formula is C21H17F5N2O3S. The monoisotopic (exact) mass is 472 g/mol. The van der Waals surface area contributed by atoms with Gasteiger partial charge in [0.05, 0.1) is 12.2 Å². The van der Waals surface area contributed by atoms with E-state index in [-0.39, 0.29) is 23.7 Å². The first-order valence-corrected chi connectivity index (χ1v) is 10.8. The molecule has 3 aromatic rings. The van der Waals surface area contributed by atoms with E-state index in [9.17, 15) is 30.4 Å². The molecule has 0 radical (unpaired) electrons. The summed E-state index contributed by atoms with van der Waals surface area (Å²) in [6.45, 7) is 1.24. The van der Waals surface area contributed by atoms with Crippen LogP contribution in [-0.4, -0.2) is 25.3 Å². The van der Waals surface area contributed by atoms with Crippen LogP contribution in [0, 0.1) is 18.6 Å². The van der Waals surface area contributed by atoms with E-state index in [1.807, 2.05) is 0 Å². The van der Waals surface area contributed by atoms with Crippen molar-refractivity contribution in [3.8, 4) is 11.5 Å². The van der Waals surface area contributed by atoms with Gasteiger partial charge in [-0.15, -0.1) is 0 Å². The number of hydrogen-bond acceptors (Lipinski definition) is 4. The molecule has 170 valence electrons. The molecule has 0 spiro atoms. The van der Waals surface area contributed by atoms with E-state index in [0.29, 0.717) is 21.6 Å². The van der Waals surface area contributed by atoms with Crippen LogP contribution in [0.1, 0.15) is 11.3 Å². The third-order valence-electron chi connectivity index (χ3n) is 4.36. The summed E-state index contributed by atoms with van der Waals surface area (Å²) in [5, 5.41) is 0. The van der Waals surface area contributed by atoms with Crippen LogP contribution in [0.25, 0.3) is 0 Å². The van der Waals surface area contributed by atoms with Crippen molar-refractivity contribution < 1.29 is 35.1 Å². The van der Waals surface area contributed by atoms with Crippen molar-refractivity contribution in [1.29, 1.82) is 0 Å². The van der Waals surface area contributed by atoms with Gasteiger partial charge < -0.3 is 4.74 Å². The molecule has 1 aromatic heterocycles. The Morgan fingerprint density at radius 2 is 1.72 bits per heavy atom. The van der Waals surface area contributed by atoms with Crippen molar-refractivity contribution in [3.63, 3.8) is 0 Å². The Morgan fingerprint density at radius 3 is 2.31 bits per heavy atom. The molecule has 0 fully saturated rings. The molecule has 0 aliphatic carbocycles. The smallest absolute Gasteiger partial charge is 0.404 e. The van der Waals surface area contributed by atoms with Crippen molar-refractivity contribution in [2.45, 2.75) is 19.6 Å². The first-order valence-electron chi connectivity index (χ1n) is 9.15. The number of nitrogens with zero attached hydrogens (tertiary/aromatic N) is 2. The second kappa shape index (κ2) is 9.11. The van der Waals surface area contributed by atoms with Crippen molar-refractivity contribution in [1.82, 2.24) is 4.98 Å². The van der Waals surface area contributed by atoms with E-state index in [1.54, 1.807) is 19.1 Å². The van der Waals surface area contributed by atoms with Crippen LogP contribution in [0.15, 0.2) is 60.8 Å². The van der Waals surface area contributed by atoms with E-state index in [1.165, 1.54) is 30.5 Å². The molecule has 0 bridgehead atoms. The topological polar surface area (TPSA) is 59.5 Å². The SMILES string of the molecule is Cc1ncccc1CN(c1ccc(Oc2ccc(F)cc2F)cc1)S(=O)(=O)CC(F)(F)F. The van der Waals surface area contributed by atoms with Crippen LogP contribution in [-0.2, 0) is 16.6 Å². The number of rotatable bonds is 7. The second-order valence-corrected chi connectivity index (χ2v) is 8.69. The van der Waals surface area contributed by atoms with Gasteiger partial charge >= 0.3 is 6.18 Å². The van der Waals surface area contributed by atoms with Crippen molar-refractivity contribution in [3.05, 3.63) is 83.7 Å². The van der Waals surface area contributed by atoms with Gasteiger partial charge in [0, 0.05) is 18.0 Å². The lowest BCUT2D eigenvalue weighted by Gasteiger charge is -2.26. The number of aryl methyl sites for hydroxylation is 1. The van der Waals surface area contributed by atoms with E-state index < -0.39 is 33.6 Å². The fraction of sp³-hybridized carbons (Fsp3) is 0.190. The van der Waals surface area contributed by atoms with Crippen molar-refractivity contribution >= 4 is 15.7 Å². The Bertz CT molecular complexity index is 1200. The minimum absolute atomic E-state index is 0.0515. The molecule has 32 heavy (non-hydrogen) atoms. The molecule has 11 heteroatoms. The maximum Gasteiger partial charge on any atom is 0.404 e. The first kappa shape index (κ1) is 23.5. The van der Waals surface area contributed by atoms with Crippen LogP contribution in [0.4, 0.5) is 27.6 Å². The summed E-state index contributed by atoms with van der Waals surface area (Å²) < 4.78 is 96.7. The zero-order valence-electron chi connectivity index (χ0n) is 16.6. The normalized spacial score (nSPS) is 11.9. The molecule has 0 N–H and O–H groups in total. The maximum atomic E-state index is 13.8.